The van der Waals surface area contributed by atoms with Crippen molar-refractivity contribution in [2.45, 2.75) is 23.7 Å². The second kappa shape index (κ2) is 3.54. The number of alkyl halides is 10. The first-order valence-corrected chi connectivity index (χ1v) is 5.25. The molecule has 14 heteroatoms. The first-order valence-electron chi connectivity index (χ1n) is 3.34. The van der Waals surface area contributed by atoms with Crippen LogP contribution in [-0.4, -0.2) is 23.7 Å². The summed E-state index contributed by atoms with van der Waals surface area (Å²) < 4.78 is 152. The van der Waals surface area contributed by atoms with Gasteiger partial charge in [-0.1, -0.05) is 0 Å². The van der Waals surface area contributed by atoms with Crippen LogP contribution in [0.3, 0.4) is 0 Å². The summed E-state index contributed by atoms with van der Waals surface area (Å²) in [4.78, 5) is 0. The third kappa shape index (κ3) is 1.90. The van der Waals surface area contributed by atoms with Gasteiger partial charge in [-0.15, -0.1) is 0 Å². The third-order valence-electron chi connectivity index (χ3n) is 1.60. The predicted molar refractivity (Wildman–Crippen MR) is 32.2 cm³/mol. The minimum atomic E-state index is -11.3. The van der Waals surface area contributed by atoms with Crippen molar-refractivity contribution >= 4 is 7.54 Å². The van der Waals surface area contributed by atoms with Gasteiger partial charge in [-0.05, 0) is 0 Å². The Hall–Kier alpha value is -0.480. The quantitative estimate of drug-likeness (QED) is 0.464. The van der Waals surface area contributed by atoms with Gasteiger partial charge < -0.3 is 0 Å². The van der Waals surface area contributed by atoms with Crippen LogP contribution in [0.5, 0.6) is 0 Å². The molecule has 0 saturated carbocycles. The maximum atomic E-state index is 12.2. The summed E-state index contributed by atoms with van der Waals surface area (Å²) in [6.45, 7) is 0. The molecule has 0 rings (SSSR count). The van der Waals surface area contributed by atoms with Gasteiger partial charge in [0.15, 0.2) is 0 Å². The Morgan fingerprint density at radius 3 is 0.722 bits per heavy atom. The normalized spacial score (nSPS) is 18.4. The van der Waals surface area contributed by atoms with E-state index in [0.717, 1.165) is 0 Å². The number of hydrogen-bond donors (Lipinski definition) is 0. The fourth-order valence-corrected chi connectivity index (χ4v) is 1.77. The van der Waals surface area contributed by atoms with Gasteiger partial charge in [-0.3, -0.25) is 0 Å². The molecular formula is C4F13P. The van der Waals surface area contributed by atoms with Crippen molar-refractivity contribution in [3.63, 3.8) is 0 Å². The molecule has 0 aliphatic rings. The summed E-state index contributed by atoms with van der Waals surface area (Å²) in [6, 6.07) is 0. The molecule has 0 saturated heterocycles. The van der Waals surface area contributed by atoms with E-state index in [0.29, 0.717) is 0 Å². The second-order valence-electron chi connectivity index (χ2n) is 2.89. The molecule has 0 bridgehead atoms. The van der Waals surface area contributed by atoms with E-state index in [9.17, 15) is 56.5 Å². The Bertz CT molecular complexity index is 294. The van der Waals surface area contributed by atoms with Gasteiger partial charge >= 0.3 is 87.7 Å². The summed E-state index contributed by atoms with van der Waals surface area (Å²) in [5.74, 6) is 0. The van der Waals surface area contributed by atoms with Crippen LogP contribution in [-0.2, 0) is 0 Å². The Morgan fingerprint density at radius 1 is 0.444 bits per heavy atom. The van der Waals surface area contributed by atoms with Gasteiger partial charge in [0.25, 0.3) is 0 Å². The molecular weight excluding hydrogens is 326 g/mol. The predicted octanol–water partition coefficient (Wildman–Crippen LogP) is 5.50. The van der Waals surface area contributed by atoms with Crippen LogP contribution in [0.2, 0.25) is 0 Å². The third-order valence-corrected chi connectivity index (χ3v) is 3.94. The minimum absolute atomic E-state index is 7.61. The molecule has 0 N–H and O–H groups in total. The van der Waals surface area contributed by atoms with Crippen molar-refractivity contribution in [1.29, 1.82) is 0 Å². The van der Waals surface area contributed by atoms with E-state index in [4.69, 9.17) is 0 Å². The van der Waals surface area contributed by atoms with Gasteiger partial charge in [0, 0.05) is 0 Å². The van der Waals surface area contributed by atoms with Crippen molar-refractivity contribution in [2.75, 3.05) is 0 Å². The fourth-order valence-electron chi connectivity index (χ4n) is 0.591. The SMILES string of the molecule is FC(F)(F)C(F)(F)P(F)(F)(F)C(F)(F)C(F)(F)F. The number of hydrogen-bond acceptors (Lipinski definition) is 0. The van der Waals surface area contributed by atoms with Crippen molar-refractivity contribution in [2.24, 2.45) is 0 Å². The van der Waals surface area contributed by atoms with E-state index in [2.05, 4.69) is 0 Å². The summed E-state index contributed by atoms with van der Waals surface area (Å²) in [6.07, 6.45) is -15.2. The first-order chi connectivity index (χ1) is 7.29. The molecule has 0 fully saturated rings. The molecule has 0 aromatic carbocycles. The molecule has 0 unspecified atom stereocenters. The van der Waals surface area contributed by atoms with Crippen LogP contribution in [0.4, 0.5) is 56.5 Å². The first kappa shape index (κ1) is 17.5. The molecule has 0 atom stereocenters. The Morgan fingerprint density at radius 2 is 0.611 bits per heavy atom. The van der Waals surface area contributed by atoms with E-state index in [-0.39, 0.29) is 0 Å². The zero-order chi connectivity index (χ0) is 15.4. The van der Waals surface area contributed by atoms with Gasteiger partial charge in [0.1, 0.15) is 0 Å². The Labute approximate surface area is 89.0 Å². The van der Waals surface area contributed by atoms with Gasteiger partial charge in [-0.25, -0.2) is 0 Å². The van der Waals surface area contributed by atoms with E-state index < -0.39 is 31.2 Å². The van der Waals surface area contributed by atoms with Crippen LogP contribution in [0.25, 0.3) is 0 Å². The summed E-state index contributed by atoms with van der Waals surface area (Å²) in [7, 11) is -11.3. The molecule has 0 radical (unpaired) electrons. The molecule has 112 valence electrons. The van der Waals surface area contributed by atoms with Gasteiger partial charge in [0.05, 0.1) is 0 Å². The van der Waals surface area contributed by atoms with Crippen LogP contribution >= 0.6 is 7.54 Å². The van der Waals surface area contributed by atoms with E-state index in [1.54, 1.807) is 0 Å². The van der Waals surface area contributed by atoms with Crippen molar-refractivity contribution in [3.8, 4) is 0 Å². The van der Waals surface area contributed by atoms with Gasteiger partial charge in [-0.2, -0.15) is 0 Å². The Balaban J connectivity index is 6.18. The van der Waals surface area contributed by atoms with Crippen molar-refractivity contribution < 1.29 is 56.5 Å². The molecule has 0 amide bonds. The Kier molecular flexibility index (Phi) is 3.45. The molecule has 0 aliphatic carbocycles. The van der Waals surface area contributed by atoms with Crippen LogP contribution in [0, 0.1) is 0 Å². The fraction of sp³-hybridized carbons (Fsp3) is 1.00. The van der Waals surface area contributed by atoms with E-state index in [1.807, 2.05) is 0 Å². The van der Waals surface area contributed by atoms with E-state index in [1.165, 1.54) is 0 Å². The van der Waals surface area contributed by atoms with Crippen molar-refractivity contribution in [3.05, 3.63) is 0 Å². The second-order valence-corrected chi connectivity index (χ2v) is 5.63. The average Bonchev–Trinajstić information content (AvgIpc) is 1.97. The molecule has 0 heterocycles. The van der Waals surface area contributed by atoms with Crippen molar-refractivity contribution in [1.82, 2.24) is 0 Å². The molecule has 0 nitrogen and oxygen atoms in total. The standard InChI is InChI=1S/C4F13P/c5-1(6,7)3(11,12)18(15,16,17)4(13,14)2(8,9)10. The van der Waals surface area contributed by atoms with Crippen LogP contribution in [0.15, 0.2) is 0 Å². The zero-order valence-electron chi connectivity index (χ0n) is 7.36. The summed E-state index contributed by atoms with van der Waals surface area (Å²) in [5.41, 5.74) is -16.3. The van der Waals surface area contributed by atoms with E-state index >= 15 is 0 Å². The average molecular weight is 326 g/mol. The summed E-state index contributed by atoms with van der Waals surface area (Å²) in [5, 5.41) is 0. The summed E-state index contributed by atoms with van der Waals surface area (Å²) >= 11 is 0. The monoisotopic (exact) mass is 326 g/mol. The topological polar surface area (TPSA) is 0 Å². The molecule has 0 aliphatic heterocycles. The number of halogens is 13. The van der Waals surface area contributed by atoms with Crippen LogP contribution in [0.1, 0.15) is 0 Å². The molecule has 0 aromatic heterocycles. The zero-order valence-corrected chi connectivity index (χ0v) is 8.26. The van der Waals surface area contributed by atoms with Crippen LogP contribution < -0.4 is 0 Å². The maximum absolute atomic E-state index is 12.2. The molecule has 0 spiro atoms. The molecule has 18 heavy (non-hydrogen) atoms. The number of rotatable bonds is 2. The van der Waals surface area contributed by atoms with Gasteiger partial charge in [0.2, 0.25) is 0 Å². The molecule has 0 aromatic rings.